The minimum absolute atomic E-state index is 0.403. The van der Waals surface area contributed by atoms with Gasteiger partial charge in [0.05, 0.1) is 0 Å². The summed E-state index contributed by atoms with van der Waals surface area (Å²) in [6, 6.07) is 0. The molecule has 1 heterocycles. The summed E-state index contributed by atoms with van der Waals surface area (Å²) in [5.41, 5.74) is 0. The molecule has 0 amide bonds. The highest BCUT2D eigenvalue weighted by Crippen LogP contribution is 2.18. The number of carbonyl (C=O) groups is 1. The van der Waals surface area contributed by atoms with Crippen molar-refractivity contribution in [2.24, 2.45) is 11.8 Å². The van der Waals surface area contributed by atoms with E-state index in [0.717, 1.165) is 32.5 Å². The first-order valence-corrected chi connectivity index (χ1v) is 4.78. The average molecular weight is 170 g/mol. The summed E-state index contributed by atoms with van der Waals surface area (Å²) < 4.78 is 5.21. The van der Waals surface area contributed by atoms with Gasteiger partial charge < -0.3 is 4.74 Å². The van der Waals surface area contributed by atoms with E-state index in [-0.39, 0.29) is 0 Å². The van der Waals surface area contributed by atoms with Crippen molar-refractivity contribution in [1.29, 1.82) is 0 Å². The van der Waals surface area contributed by atoms with Crippen LogP contribution in [0, 0.1) is 11.8 Å². The van der Waals surface area contributed by atoms with E-state index in [1.54, 1.807) is 0 Å². The molecule has 1 atom stereocenters. The van der Waals surface area contributed by atoms with Crippen LogP contribution in [0.1, 0.15) is 33.1 Å². The largest absolute Gasteiger partial charge is 0.381 e. The van der Waals surface area contributed by atoms with Crippen LogP contribution in [0.5, 0.6) is 0 Å². The molecule has 0 aromatic carbocycles. The van der Waals surface area contributed by atoms with Gasteiger partial charge in [0.15, 0.2) is 0 Å². The fourth-order valence-electron chi connectivity index (χ4n) is 1.60. The Morgan fingerprint density at radius 1 is 1.58 bits per heavy atom. The predicted octanol–water partition coefficient (Wildman–Crippen LogP) is 2.03. The maximum Gasteiger partial charge on any atom is 0.133 e. The van der Waals surface area contributed by atoms with Crippen molar-refractivity contribution >= 4 is 5.78 Å². The molecule has 1 rings (SSSR count). The molecule has 1 unspecified atom stereocenters. The molecule has 12 heavy (non-hydrogen) atoms. The third kappa shape index (κ3) is 3.35. The summed E-state index contributed by atoms with van der Waals surface area (Å²) in [6.07, 6.45) is 2.54. The minimum atomic E-state index is 0.403. The molecule has 2 nitrogen and oxygen atoms in total. The first kappa shape index (κ1) is 9.72. The molecule has 0 radical (unpaired) electrons. The third-order valence-electron chi connectivity index (χ3n) is 2.18. The van der Waals surface area contributed by atoms with Crippen molar-refractivity contribution in [1.82, 2.24) is 0 Å². The second-order valence-corrected chi connectivity index (χ2v) is 4.07. The number of ether oxygens (including phenoxy) is 1. The van der Waals surface area contributed by atoms with Gasteiger partial charge in [-0.25, -0.2) is 0 Å². The number of carbonyl (C=O) groups excluding carboxylic acids is 1. The van der Waals surface area contributed by atoms with Crippen LogP contribution in [0.2, 0.25) is 0 Å². The van der Waals surface area contributed by atoms with Gasteiger partial charge in [-0.15, -0.1) is 0 Å². The lowest BCUT2D eigenvalue weighted by Crippen LogP contribution is -2.10. The van der Waals surface area contributed by atoms with Gasteiger partial charge in [0.2, 0.25) is 0 Å². The van der Waals surface area contributed by atoms with Crippen LogP contribution in [0.4, 0.5) is 0 Å². The summed E-state index contributed by atoms with van der Waals surface area (Å²) in [6.45, 7) is 5.82. The van der Waals surface area contributed by atoms with Crippen LogP contribution >= 0.6 is 0 Å². The molecule has 0 bridgehead atoms. The molecule has 0 aromatic heterocycles. The Morgan fingerprint density at radius 3 is 2.83 bits per heavy atom. The van der Waals surface area contributed by atoms with Gasteiger partial charge in [-0.3, -0.25) is 4.79 Å². The predicted molar refractivity (Wildman–Crippen MR) is 48.0 cm³/mol. The van der Waals surface area contributed by atoms with Crippen LogP contribution < -0.4 is 0 Å². The van der Waals surface area contributed by atoms with E-state index in [1.807, 2.05) is 0 Å². The van der Waals surface area contributed by atoms with Crippen LogP contribution in [-0.2, 0) is 9.53 Å². The van der Waals surface area contributed by atoms with Gasteiger partial charge in [0.25, 0.3) is 0 Å². The van der Waals surface area contributed by atoms with E-state index in [2.05, 4.69) is 13.8 Å². The molecule has 0 spiro atoms. The van der Waals surface area contributed by atoms with E-state index in [1.165, 1.54) is 0 Å². The van der Waals surface area contributed by atoms with Gasteiger partial charge in [-0.05, 0) is 18.3 Å². The zero-order valence-corrected chi connectivity index (χ0v) is 8.01. The normalized spacial score (nSPS) is 23.4. The lowest BCUT2D eigenvalue weighted by Gasteiger charge is -2.07. The third-order valence-corrected chi connectivity index (χ3v) is 2.18. The molecule has 1 aliphatic rings. The zero-order valence-electron chi connectivity index (χ0n) is 8.01. The number of Topliss-reactive ketones (excluding diaryl/α,β-unsaturated/α-hetero) is 1. The number of hydrogen-bond donors (Lipinski definition) is 0. The number of rotatable bonds is 4. The standard InChI is InChI=1S/C10H18O2/c1-8(2)5-10(11)6-9-3-4-12-7-9/h8-9H,3-7H2,1-2H3. The van der Waals surface area contributed by atoms with E-state index >= 15 is 0 Å². The number of hydrogen-bond acceptors (Lipinski definition) is 2. The Hall–Kier alpha value is -0.370. The second-order valence-electron chi connectivity index (χ2n) is 4.07. The Kier molecular flexibility index (Phi) is 3.73. The molecule has 0 N–H and O–H groups in total. The summed E-state index contributed by atoms with van der Waals surface area (Å²) in [5.74, 6) is 1.41. The van der Waals surface area contributed by atoms with E-state index in [9.17, 15) is 4.79 Å². The maximum atomic E-state index is 11.4. The van der Waals surface area contributed by atoms with E-state index in [0.29, 0.717) is 17.6 Å². The second kappa shape index (κ2) is 4.61. The number of ketones is 1. The molecule has 0 aromatic rings. The van der Waals surface area contributed by atoms with Gasteiger partial charge >= 0.3 is 0 Å². The monoisotopic (exact) mass is 170 g/mol. The minimum Gasteiger partial charge on any atom is -0.381 e. The van der Waals surface area contributed by atoms with Crippen molar-refractivity contribution in [2.45, 2.75) is 33.1 Å². The van der Waals surface area contributed by atoms with Crippen molar-refractivity contribution in [3.63, 3.8) is 0 Å². The van der Waals surface area contributed by atoms with E-state index < -0.39 is 0 Å². The summed E-state index contributed by atoms with van der Waals surface area (Å²) >= 11 is 0. The van der Waals surface area contributed by atoms with Crippen LogP contribution in [0.3, 0.4) is 0 Å². The maximum absolute atomic E-state index is 11.4. The smallest absolute Gasteiger partial charge is 0.133 e. The molecule has 0 aliphatic carbocycles. The SMILES string of the molecule is CC(C)CC(=O)CC1CCOC1. The highest BCUT2D eigenvalue weighted by atomic mass is 16.5. The lowest BCUT2D eigenvalue weighted by molar-refractivity contribution is -0.120. The van der Waals surface area contributed by atoms with Crippen molar-refractivity contribution in [3.8, 4) is 0 Å². The molecule has 1 saturated heterocycles. The van der Waals surface area contributed by atoms with Crippen LogP contribution in [0.25, 0.3) is 0 Å². The fourth-order valence-corrected chi connectivity index (χ4v) is 1.60. The fraction of sp³-hybridized carbons (Fsp3) is 0.900. The van der Waals surface area contributed by atoms with Gasteiger partial charge in [0.1, 0.15) is 5.78 Å². The molecule has 1 fully saturated rings. The van der Waals surface area contributed by atoms with Crippen molar-refractivity contribution < 1.29 is 9.53 Å². The molecular weight excluding hydrogens is 152 g/mol. The highest BCUT2D eigenvalue weighted by molar-refractivity contribution is 5.78. The van der Waals surface area contributed by atoms with Gasteiger partial charge in [-0.2, -0.15) is 0 Å². The molecule has 0 saturated carbocycles. The topological polar surface area (TPSA) is 26.3 Å². The zero-order chi connectivity index (χ0) is 8.97. The van der Waals surface area contributed by atoms with Crippen LogP contribution in [0.15, 0.2) is 0 Å². The molecule has 70 valence electrons. The molecule has 1 aliphatic heterocycles. The quantitative estimate of drug-likeness (QED) is 0.645. The average Bonchev–Trinajstić information content (AvgIpc) is 2.37. The van der Waals surface area contributed by atoms with Crippen LogP contribution in [-0.4, -0.2) is 19.0 Å². The van der Waals surface area contributed by atoms with Gasteiger partial charge in [0, 0.05) is 26.1 Å². The van der Waals surface area contributed by atoms with Crippen molar-refractivity contribution in [3.05, 3.63) is 0 Å². The summed E-state index contributed by atoms with van der Waals surface area (Å²) in [4.78, 5) is 11.4. The summed E-state index contributed by atoms with van der Waals surface area (Å²) in [7, 11) is 0. The Bertz CT molecular complexity index is 146. The van der Waals surface area contributed by atoms with Gasteiger partial charge in [-0.1, -0.05) is 13.8 Å². The Labute approximate surface area is 74.3 Å². The highest BCUT2D eigenvalue weighted by Gasteiger charge is 2.19. The first-order chi connectivity index (χ1) is 5.68. The van der Waals surface area contributed by atoms with Crippen molar-refractivity contribution in [2.75, 3.05) is 13.2 Å². The Morgan fingerprint density at radius 2 is 2.33 bits per heavy atom. The molecular formula is C10H18O2. The molecule has 2 heteroatoms. The summed E-state index contributed by atoms with van der Waals surface area (Å²) in [5, 5.41) is 0. The first-order valence-electron chi connectivity index (χ1n) is 4.78. The Balaban J connectivity index is 2.16. The lowest BCUT2D eigenvalue weighted by atomic mass is 9.97. The van der Waals surface area contributed by atoms with E-state index in [4.69, 9.17) is 4.74 Å².